The van der Waals surface area contributed by atoms with E-state index in [-0.39, 0.29) is 0 Å². The highest BCUT2D eigenvalue weighted by atomic mass is 14.5. The van der Waals surface area contributed by atoms with Crippen molar-refractivity contribution in [2.75, 3.05) is 6.54 Å². The molecule has 1 nitrogen and oxygen atoms in total. The van der Waals surface area contributed by atoms with Crippen molar-refractivity contribution in [2.24, 2.45) is 11.1 Å². The summed E-state index contributed by atoms with van der Waals surface area (Å²) < 4.78 is 0. The minimum atomic E-state index is 0.545. The van der Waals surface area contributed by atoms with Crippen molar-refractivity contribution in [1.82, 2.24) is 0 Å². The van der Waals surface area contributed by atoms with Gasteiger partial charge in [0.15, 0.2) is 0 Å². The summed E-state index contributed by atoms with van der Waals surface area (Å²) in [6.07, 6.45) is 10.8. The van der Waals surface area contributed by atoms with Gasteiger partial charge in [-0.1, -0.05) is 57.4 Å². The van der Waals surface area contributed by atoms with E-state index in [0.29, 0.717) is 11.3 Å². The molecule has 0 aromatic heterocycles. The minimum Gasteiger partial charge on any atom is -0.330 e. The Balaban J connectivity index is 1.94. The number of aryl methyl sites for hydroxylation is 1. The zero-order valence-electron chi connectivity index (χ0n) is 13.3. The first-order valence-corrected chi connectivity index (χ1v) is 8.44. The number of benzene rings is 1. The molecular formula is C19H31N. The summed E-state index contributed by atoms with van der Waals surface area (Å²) in [7, 11) is 0. The Hall–Kier alpha value is -0.820. The third-order valence-corrected chi connectivity index (χ3v) is 5.18. The molecule has 1 aromatic carbocycles. The molecule has 1 aromatic rings. The topological polar surface area (TPSA) is 26.0 Å². The molecule has 1 fully saturated rings. The number of rotatable bonds is 6. The van der Waals surface area contributed by atoms with E-state index >= 15 is 0 Å². The first-order chi connectivity index (χ1) is 9.65. The van der Waals surface area contributed by atoms with Crippen molar-refractivity contribution in [3.8, 4) is 0 Å². The lowest BCUT2D eigenvalue weighted by molar-refractivity contribution is 0.161. The van der Waals surface area contributed by atoms with Crippen molar-refractivity contribution >= 4 is 0 Å². The first-order valence-electron chi connectivity index (χ1n) is 8.44. The second-order valence-corrected chi connectivity index (χ2v) is 7.00. The first kappa shape index (κ1) is 15.6. The lowest BCUT2D eigenvalue weighted by Crippen LogP contribution is -2.28. The standard InChI is InChI=1S/C19H31N/c1-16(2)18-8-6-17(7-9-18)10-13-19(14-15-20)11-4-3-5-12-19/h6-9,16H,3-5,10-15,20H2,1-2H3. The smallest absolute Gasteiger partial charge is 0.00720 e. The van der Waals surface area contributed by atoms with Gasteiger partial charge in [0.25, 0.3) is 0 Å². The van der Waals surface area contributed by atoms with Gasteiger partial charge in [-0.15, -0.1) is 0 Å². The van der Waals surface area contributed by atoms with Crippen molar-refractivity contribution in [3.05, 3.63) is 35.4 Å². The van der Waals surface area contributed by atoms with Crippen LogP contribution in [0.15, 0.2) is 24.3 Å². The van der Waals surface area contributed by atoms with Crippen molar-refractivity contribution in [2.45, 2.75) is 71.1 Å². The largest absolute Gasteiger partial charge is 0.330 e. The maximum Gasteiger partial charge on any atom is -0.00720 e. The van der Waals surface area contributed by atoms with Crippen LogP contribution in [-0.4, -0.2) is 6.54 Å². The van der Waals surface area contributed by atoms with Gasteiger partial charge in [0.05, 0.1) is 0 Å². The molecule has 0 amide bonds. The summed E-state index contributed by atoms with van der Waals surface area (Å²) in [5.41, 5.74) is 9.36. The molecule has 1 aliphatic carbocycles. The summed E-state index contributed by atoms with van der Waals surface area (Å²) in [5.74, 6) is 0.631. The van der Waals surface area contributed by atoms with Gasteiger partial charge < -0.3 is 5.73 Å². The quantitative estimate of drug-likeness (QED) is 0.772. The summed E-state index contributed by atoms with van der Waals surface area (Å²) in [6, 6.07) is 9.26. The van der Waals surface area contributed by atoms with Crippen LogP contribution in [0.4, 0.5) is 0 Å². The third-order valence-electron chi connectivity index (χ3n) is 5.18. The Morgan fingerprint density at radius 1 is 1.00 bits per heavy atom. The van der Waals surface area contributed by atoms with E-state index in [1.807, 2.05) is 0 Å². The van der Waals surface area contributed by atoms with Gasteiger partial charge >= 0.3 is 0 Å². The third kappa shape index (κ3) is 4.09. The van der Waals surface area contributed by atoms with Gasteiger partial charge in [-0.2, -0.15) is 0 Å². The van der Waals surface area contributed by atoms with E-state index < -0.39 is 0 Å². The second kappa shape index (κ2) is 7.26. The van der Waals surface area contributed by atoms with E-state index in [1.54, 1.807) is 0 Å². The van der Waals surface area contributed by atoms with Crippen molar-refractivity contribution in [1.29, 1.82) is 0 Å². The van der Waals surface area contributed by atoms with Gasteiger partial charge in [-0.3, -0.25) is 0 Å². The summed E-state index contributed by atoms with van der Waals surface area (Å²) in [6.45, 7) is 5.37. The van der Waals surface area contributed by atoms with Crippen LogP contribution in [-0.2, 0) is 6.42 Å². The zero-order valence-corrected chi connectivity index (χ0v) is 13.3. The maximum absolute atomic E-state index is 5.87. The zero-order chi connectivity index (χ0) is 14.4. The Morgan fingerprint density at radius 2 is 1.65 bits per heavy atom. The average Bonchev–Trinajstić information content (AvgIpc) is 2.47. The molecule has 0 heterocycles. The second-order valence-electron chi connectivity index (χ2n) is 7.00. The molecule has 1 aliphatic rings. The highest BCUT2D eigenvalue weighted by Crippen LogP contribution is 2.42. The van der Waals surface area contributed by atoms with Crippen LogP contribution in [0.5, 0.6) is 0 Å². The van der Waals surface area contributed by atoms with Gasteiger partial charge in [0, 0.05) is 0 Å². The molecule has 112 valence electrons. The fourth-order valence-electron chi connectivity index (χ4n) is 3.71. The van der Waals surface area contributed by atoms with Crippen molar-refractivity contribution in [3.63, 3.8) is 0 Å². The molecule has 2 rings (SSSR count). The molecule has 1 saturated carbocycles. The molecule has 0 saturated heterocycles. The predicted octanol–water partition coefficient (Wildman–Crippen LogP) is 5.04. The van der Waals surface area contributed by atoms with Gasteiger partial charge in [-0.05, 0) is 61.1 Å². The molecule has 0 aliphatic heterocycles. The SMILES string of the molecule is CC(C)c1ccc(CCC2(CCN)CCCCC2)cc1. The Kier molecular flexibility index (Phi) is 5.65. The summed E-state index contributed by atoms with van der Waals surface area (Å²) in [4.78, 5) is 0. The van der Waals surface area contributed by atoms with Crippen LogP contribution in [0.1, 0.15) is 75.8 Å². The van der Waals surface area contributed by atoms with Crippen LogP contribution in [0.3, 0.4) is 0 Å². The number of hydrogen-bond donors (Lipinski definition) is 1. The van der Waals surface area contributed by atoms with Crippen LogP contribution in [0.2, 0.25) is 0 Å². The molecule has 0 atom stereocenters. The molecule has 2 N–H and O–H groups in total. The highest BCUT2D eigenvalue weighted by molar-refractivity contribution is 5.24. The van der Waals surface area contributed by atoms with Crippen molar-refractivity contribution < 1.29 is 0 Å². The molecule has 0 spiro atoms. The van der Waals surface area contributed by atoms with Gasteiger partial charge in [0.1, 0.15) is 0 Å². The van der Waals surface area contributed by atoms with Crippen LogP contribution < -0.4 is 5.73 Å². The maximum atomic E-state index is 5.87. The molecule has 1 heteroatoms. The Bertz CT molecular complexity index is 379. The van der Waals surface area contributed by atoms with E-state index in [1.165, 1.54) is 62.5 Å². The van der Waals surface area contributed by atoms with E-state index in [0.717, 1.165) is 6.54 Å². The highest BCUT2D eigenvalue weighted by Gasteiger charge is 2.30. The van der Waals surface area contributed by atoms with Gasteiger partial charge in [-0.25, -0.2) is 0 Å². The molecule has 20 heavy (non-hydrogen) atoms. The minimum absolute atomic E-state index is 0.545. The van der Waals surface area contributed by atoms with E-state index in [4.69, 9.17) is 5.73 Å². The molecule has 0 radical (unpaired) electrons. The lowest BCUT2D eigenvalue weighted by Gasteiger charge is -2.37. The van der Waals surface area contributed by atoms with Crippen LogP contribution in [0, 0.1) is 5.41 Å². The fraction of sp³-hybridized carbons (Fsp3) is 0.684. The number of nitrogens with two attached hydrogens (primary N) is 1. The predicted molar refractivity (Wildman–Crippen MR) is 88.0 cm³/mol. The van der Waals surface area contributed by atoms with Crippen LogP contribution in [0.25, 0.3) is 0 Å². The average molecular weight is 273 g/mol. The Labute approximate surface area is 125 Å². The summed E-state index contributed by atoms with van der Waals surface area (Å²) >= 11 is 0. The molecular weight excluding hydrogens is 242 g/mol. The molecule has 0 bridgehead atoms. The van der Waals surface area contributed by atoms with Gasteiger partial charge in [0.2, 0.25) is 0 Å². The van der Waals surface area contributed by atoms with Crippen LogP contribution >= 0.6 is 0 Å². The number of hydrogen-bond acceptors (Lipinski definition) is 1. The van der Waals surface area contributed by atoms with E-state index in [2.05, 4.69) is 38.1 Å². The Morgan fingerprint density at radius 3 is 2.20 bits per heavy atom. The lowest BCUT2D eigenvalue weighted by atomic mass is 9.68. The fourth-order valence-corrected chi connectivity index (χ4v) is 3.71. The monoisotopic (exact) mass is 273 g/mol. The molecule has 0 unspecified atom stereocenters. The summed E-state index contributed by atoms with van der Waals surface area (Å²) in [5, 5.41) is 0. The normalized spacial score (nSPS) is 18.4. The van der Waals surface area contributed by atoms with E-state index in [9.17, 15) is 0 Å².